The quantitative estimate of drug-likeness (QED) is 0.900. The Morgan fingerprint density at radius 1 is 1.08 bits per heavy atom. The van der Waals surface area contributed by atoms with E-state index in [1.807, 2.05) is 30.3 Å². The molecule has 1 atom stereocenters. The standard InChI is InChI=1S/C19H19N3O3/c1-19(12-16(22-25-19)13-6-4-3-5-7-13)18(24)21-15-10-8-14(9-11-15)17(23)20-2/h3-11H,12H2,1-2H3,(H,20,23)(H,21,24)/t19-/m1/s1. The molecule has 3 rings (SSSR count). The fourth-order valence-corrected chi connectivity index (χ4v) is 2.56. The predicted molar refractivity (Wildman–Crippen MR) is 95.5 cm³/mol. The van der Waals surface area contributed by atoms with Gasteiger partial charge in [-0.3, -0.25) is 9.59 Å². The Morgan fingerprint density at radius 2 is 1.76 bits per heavy atom. The van der Waals surface area contributed by atoms with E-state index in [9.17, 15) is 9.59 Å². The molecular weight excluding hydrogens is 318 g/mol. The van der Waals surface area contributed by atoms with Crippen LogP contribution in [-0.2, 0) is 9.63 Å². The number of rotatable bonds is 4. The summed E-state index contributed by atoms with van der Waals surface area (Å²) in [7, 11) is 1.57. The van der Waals surface area contributed by atoms with Gasteiger partial charge in [-0.15, -0.1) is 0 Å². The smallest absolute Gasteiger partial charge is 0.271 e. The van der Waals surface area contributed by atoms with Crippen LogP contribution in [0.2, 0.25) is 0 Å². The summed E-state index contributed by atoms with van der Waals surface area (Å²) in [5, 5.41) is 9.44. The van der Waals surface area contributed by atoms with Crippen molar-refractivity contribution in [2.45, 2.75) is 18.9 Å². The maximum atomic E-state index is 12.6. The monoisotopic (exact) mass is 337 g/mol. The molecule has 2 aromatic rings. The Morgan fingerprint density at radius 3 is 2.40 bits per heavy atom. The SMILES string of the molecule is CNC(=O)c1ccc(NC(=O)[C@@]2(C)CC(c3ccccc3)=NO2)cc1. The van der Waals surface area contributed by atoms with Crippen molar-refractivity contribution in [1.29, 1.82) is 0 Å². The molecule has 0 spiro atoms. The van der Waals surface area contributed by atoms with Crippen molar-refractivity contribution in [2.75, 3.05) is 12.4 Å². The average molecular weight is 337 g/mol. The molecule has 1 aliphatic rings. The largest absolute Gasteiger partial charge is 0.379 e. The molecule has 2 aromatic carbocycles. The van der Waals surface area contributed by atoms with Gasteiger partial charge in [0.05, 0.1) is 5.71 Å². The molecule has 0 fully saturated rings. The van der Waals surface area contributed by atoms with Crippen molar-refractivity contribution in [2.24, 2.45) is 5.16 Å². The lowest BCUT2D eigenvalue weighted by atomic mass is 9.95. The van der Waals surface area contributed by atoms with Crippen molar-refractivity contribution < 1.29 is 14.4 Å². The second kappa shape index (κ2) is 6.76. The summed E-state index contributed by atoms with van der Waals surface area (Å²) in [6.07, 6.45) is 0.388. The van der Waals surface area contributed by atoms with E-state index >= 15 is 0 Å². The molecule has 25 heavy (non-hydrogen) atoms. The minimum atomic E-state index is -1.06. The third kappa shape index (κ3) is 3.52. The molecular formula is C19H19N3O3. The van der Waals surface area contributed by atoms with E-state index < -0.39 is 5.60 Å². The highest BCUT2D eigenvalue weighted by Crippen LogP contribution is 2.28. The summed E-state index contributed by atoms with van der Waals surface area (Å²) in [4.78, 5) is 29.6. The zero-order valence-electron chi connectivity index (χ0n) is 14.1. The summed E-state index contributed by atoms with van der Waals surface area (Å²) in [6.45, 7) is 1.71. The number of hydrogen-bond donors (Lipinski definition) is 2. The molecule has 2 N–H and O–H groups in total. The van der Waals surface area contributed by atoms with Crippen LogP contribution in [0, 0.1) is 0 Å². The second-order valence-electron chi connectivity index (χ2n) is 6.01. The lowest BCUT2D eigenvalue weighted by Crippen LogP contribution is -2.40. The number of nitrogens with zero attached hydrogens (tertiary/aromatic N) is 1. The first-order chi connectivity index (χ1) is 12.0. The molecule has 0 saturated heterocycles. The highest BCUT2D eigenvalue weighted by Gasteiger charge is 2.42. The summed E-state index contributed by atoms with van der Waals surface area (Å²) in [5.41, 5.74) is 1.74. The van der Waals surface area contributed by atoms with Crippen LogP contribution in [0.15, 0.2) is 59.8 Å². The molecule has 6 heteroatoms. The van der Waals surface area contributed by atoms with Gasteiger partial charge >= 0.3 is 0 Å². The number of nitrogens with one attached hydrogen (secondary N) is 2. The van der Waals surface area contributed by atoms with Crippen LogP contribution in [0.4, 0.5) is 5.69 Å². The third-order valence-electron chi connectivity index (χ3n) is 4.08. The predicted octanol–water partition coefficient (Wildman–Crippen LogP) is 2.57. The van der Waals surface area contributed by atoms with Gasteiger partial charge in [-0.1, -0.05) is 35.5 Å². The first-order valence-corrected chi connectivity index (χ1v) is 7.96. The molecule has 0 aromatic heterocycles. The van der Waals surface area contributed by atoms with Crippen LogP contribution < -0.4 is 10.6 Å². The van der Waals surface area contributed by atoms with Crippen LogP contribution in [0.3, 0.4) is 0 Å². The van der Waals surface area contributed by atoms with Crippen LogP contribution in [0.5, 0.6) is 0 Å². The summed E-state index contributed by atoms with van der Waals surface area (Å²) >= 11 is 0. The topological polar surface area (TPSA) is 79.8 Å². The van der Waals surface area contributed by atoms with Crippen molar-refractivity contribution in [1.82, 2.24) is 5.32 Å². The molecule has 0 saturated carbocycles. The van der Waals surface area contributed by atoms with Gasteiger partial charge < -0.3 is 15.5 Å². The van der Waals surface area contributed by atoms with Crippen molar-refractivity contribution in [3.63, 3.8) is 0 Å². The normalized spacial score (nSPS) is 18.9. The van der Waals surface area contributed by atoms with Crippen LogP contribution in [0.25, 0.3) is 0 Å². The summed E-state index contributed by atoms with van der Waals surface area (Å²) < 4.78 is 0. The molecule has 0 radical (unpaired) electrons. The third-order valence-corrected chi connectivity index (χ3v) is 4.08. The van der Waals surface area contributed by atoms with Gasteiger partial charge in [0.2, 0.25) is 5.60 Å². The Labute approximate surface area is 145 Å². The molecule has 0 unspecified atom stereocenters. The molecule has 0 aliphatic carbocycles. The van der Waals surface area contributed by atoms with E-state index in [0.717, 1.165) is 11.3 Å². The van der Waals surface area contributed by atoms with Crippen LogP contribution in [0.1, 0.15) is 29.3 Å². The van der Waals surface area contributed by atoms with E-state index in [0.29, 0.717) is 17.7 Å². The van der Waals surface area contributed by atoms with Crippen molar-refractivity contribution in [3.05, 3.63) is 65.7 Å². The van der Waals surface area contributed by atoms with Gasteiger partial charge in [-0.25, -0.2) is 0 Å². The van der Waals surface area contributed by atoms with Gasteiger partial charge in [0.25, 0.3) is 11.8 Å². The molecule has 0 bridgehead atoms. The number of carbonyl (C=O) groups excluding carboxylic acids is 2. The molecule has 2 amide bonds. The lowest BCUT2D eigenvalue weighted by molar-refractivity contribution is -0.135. The minimum absolute atomic E-state index is 0.176. The van der Waals surface area contributed by atoms with Gasteiger partial charge in [0, 0.05) is 24.7 Å². The van der Waals surface area contributed by atoms with Crippen molar-refractivity contribution >= 4 is 23.2 Å². The number of benzene rings is 2. The zero-order chi connectivity index (χ0) is 17.9. The number of amides is 2. The zero-order valence-corrected chi connectivity index (χ0v) is 14.1. The maximum Gasteiger partial charge on any atom is 0.271 e. The van der Waals surface area contributed by atoms with Gasteiger partial charge in [-0.05, 0) is 36.8 Å². The Kier molecular flexibility index (Phi) is 4.52. The summed E-state index contributed by atoms with van der Waals surface area (Å²) in [6, 6.07) is 16.3. The number of carbonyl (C=O) groups is 2. The highest BCUT2D eigenvalue weighted by atomic mass is 16.7. The maximum absolute atomic E-state index is 12.6. The van der Waals surface area contributed by atoms with E-state index in [-0.39, 0.29) is 11.8 Å². The fourth-order valence-electron chi connectivity index (χ4n) is 2.56. The van der Waals surface area contributed by atoms with E-state index in [2.05, 4.69) is 15.8 Å². The van der Waals surface area contributed by atoms with Crippen LogP contribution in [-0.4, -0.2) is 30.2 Å². The van der Waals surface area contributed by atoms with Crippen LogP contribution >= 0.6 is 0 Å². The van der Waals surface area contributed by atoms with Gasteiger partial charge in [-0.2, -0.15) is 0 Å². The highest BCUT2D eigenvalue weighted by molar-refractivity contribution is 6.08. The number of oxime groups is 1. The Bertz CT molecular complexity index is 816. The van der Waals surface area contributed by atoms with E-state index in [1.165, 1.54) is 0 Å². The molecule has 6 nitrogen and oxygen atoms in total. The van der Waals surface area contributed by atoms with Gasteiger partial charge in [0.15, 0.2) is 0 Å². The van der Waals surface area contributed by atoms with E-state index in [4.69, 9.17) is 4.84 Å². The minimum Gasteiger partial charge on any atom is -0.379 e. The number of anilines is 1. The lowest BCUT2D eigenvalue weighted by Gasteiger charge is -2.20. The molecule has 1 heterocycles. The second-order valence-corrected chi connectivity index (χ2v) is 6.01. The first-order valence-electron chi connectivity index (χ1n) is 7.96. The molecule has 1 aliphatic heterocycles. The van der Waals surface area contributed by atoms with E-state index in [1.54, 1.807) is 38.2 Å². The van der Waals surface area contributed by atoms with Gasteiger partial charge in [0.1, 0.15) is 0 Å². The molecule has 128 valence electrons. The fraction of sp³-hybridized carbons (Fsp3) is 0.211. The summed E-state index contributed by atoms with van der Waals surface area (Å²) in [5.74, 6) is -0.459. The van der Waals surface area contributed by atoms with Crippen molar-refractivity contribution in [3.8, 4) is 0 Å². The average Bonchev–Trinajstić information content (AvgIpc) is 3.06. The Balaban J connectivity index is 1.67. The first kappa shape index (κ1) is 16.7. The number of hydrogen-bond acceptors (Lipinski definition) is 4. The Hall–Kier alpha value is -3.15.